The molecule has 0 bridgehead atoms. The molecular formula is C83H114B6O10S2. The zero-order valence-corrected chi connectivity index (χ0v) is 63.5. The molecule has 3 aliphatic rings. The summed E-state index contributed by atoms with van der Waals surface area (Å²) in [6.45, 7) is 34.6. The molecule has 0 spiro atoms. The molecule has 101 heavy (non-hydrogen) atoms. The molecule has 4 N–H and O–H groups in total. The van der Waals surface area contributed by atoms with Gasteiger partial charge in [-0.05, 0) is 182 Å². The van der Waals surface area contributed by atoms with Crippen LogP contribution in [0.3, 0.4) is 0 Å². The van der Waals surface area contributed by atoms with Gasteiger partial charge in [0, 0.05) is 19.4 Å². The van der Waals surface area contributed by atoms with Gasteiger partial charge in [-0.25, -0.2) is 0 Å². The molecule has 18 heteroatoms. The van der Waals surface area contributed by atoms with E-state index in [1.165, 1.54) is 80.3 Å². The Morgan fingerprint density at radius 1 is 0.366 bits per heavy atom. The van der Waals surface area contributed by atoms with E-state index in [1.807, 2.05) is 109 Å². The molecule has 13 rings (SSSR count). The molecule has 0 aliphatic carbocycles. The predicted octanol–water partition coefficient (Wildman–Crippen LogP) is 17.9. The number of unbranched alkanes of at least 4 members (excludes halogenated alkanes) is 4. The van der Waals surface area contributed by atoms with Crippen molar-refractivity contribution in [1.82, 2.24) is 0 Å². The zero-order chi connectivity index (χ0) is 72.2. The minimum absolute atomic E-state index is 0. The fourth-order valence-electron chi connectivity index (χ4n) is 10.8. The highest BCUT2D eigenvalue weighted by Crippen LogP contribution is 2.40. The molecule has 0 unspecified atom stereocenters. The standard InChI is InChI=1S/C20H29BO2S2.C16H19BO2.C12H17BO2.C11H10.C10H9BO2.C7H9BO.C5H13BO.2CH4/c1-6-7-8-9-10-15-11-12-16(24-15)17-13-14-18(25-17)21-22-19(2,3)20(4,5)23-21;1-15(2)16(3,4)19-17(18-15)14-10-9-12-7-5-6-8-13(12)11-14;1-11(2)12(3,4)15-13(14-11)10-8-6-5-7-9-10;1-9-6-7-10-4-2-3-5-11(10)8-9;12-11(13)10-6-5-8-3-1-2-4-9(8)7-10;1-8(9)7-5-3-2-4-6-7;1-3-4-5-6(2)7;;/h11-14H,6-10H2,1-5H3;5-11H,1-4H3;5-9H,1-4H3;2-8H,1H3;1-7,12-13H;2-6,9H,1H3;7H,3-5H2,1-2H3;2*1H4. The van der Waals surface area contributed by atoms with E-state index in [4.69, 9.17) is 48.0 Å². The maximum atomic E-state index is 9.02. The number of thiophene rings is 2. The van der Waals surface area contributed by atoms with E-state index in [2.05, 4.69) is 213 Å². The topological polar surface area (TPSA) is 136 Å². The molecule has 10 nitrogen and oxygen atoms in total. The highest BCUT2D eigenvalue weighted by atomic mass is 32.1. The molecule has 8 aromatic carbocycles. The highest BCUT2D eigenvalue weighted by Gasteiger charge is 2.54. The second kappa shape index (κ2) is 39.2. The molecule has 3 saturated heterocycles. The van der Waals surface area contributed by atoms with Crippen LogP contribution in [0.25, 0.3) is 42.1 Å². The summed E-state index contributed by atoms with van der Waals surface area (Å²) < 4.78 is 37.5. The van der Waals surface area contributed by atoms with Gasteiger partial charge in [0.1, 0.15) is 0 Å². The number of aryl methyl sites for hydroxylation is 2. The van der Waals surface area contributed by atoms with E-state index in [0.717, 1.165) is 44.7 Å². The first-order valence-electron chi connectivity index (χ1n) is 35.4. The number of rotatable bonds is 14. The van der Waals surface area contributed by atoms with Gasteiger partial charge in [-0.1, -0.05) is 274 Å². The van der Waals surface area contributed by atoms with Crippen molar-refractivity contribution in [3.63, 3.8) is 0 Å². The van der Waals surface area contributed by atoms with E-state index >= 15 is 0 Å². The summed E-state index contributed by atoms with van der Waals surface area (Å²) in [5, 5.41) is 42.8. The molecule has 0 radical (unpaired) electrons. The third kappa shape index (κ3) is 24.8. The molecule has 10 aromatic rings. The van der Waals surface area contributed by atoms with Crippen molar-refractivity contribution in [3.05, 3.63) is 223 Å². The lowest BCUT2D eigenvalue weighted by Crippen LogP contribution is -2.41. The Balaban J connectivity index is 0.000000219. The Labute approximate surface area is 617 Å². The van der Waals surface area contributed by atoms with Gasteiger partial charge in [0.25, 0.3) is 6.92 Å². The first-order valence-corrected chi connectivity index (χ1v) is 37.0. The molecule has 0 saturated carbocycles. The third-order valence-electron chi connectivity index (χ3n) is 19.2. The summed E-state index contributed by atoms with van der Waals surface area (Å²) in [7, 11) is -2.16. The predicted molar refractivity (Wildman–Crippen MR) is 442 cm³/mol. The van der Waals surface area contributed by atoms with Crippen molar-refractivity contribution < 1.29 is 48.0 Å². The molecule has 0 amide bonds. The Morgan fingerprint density at radius 2 is 0.772 bits per heavy atom. The summed E-state index contributed by atoms with van der Waals surface area (Å²) in [5.41, 5.74) is 3.33. The third-order valence-corrected chi connectivity index (χ3v) is 21.6. The number of hydrogen-bond donors (Lipinski definition) is 4. The Bertz CT molecular complexity index is 4000. The van der Waals surface area contributed by atoms with Crippen LogP contribution in [0.5, 0.6) is 0 Å². The van der Waals surface area contributed by atoms with E-state index in [9.17, 15) is 0 Å². The molecule has 2 aromatic heterocycles. The maximum Gasteiger partial charge on any atom is 0.505 e. The fraction of sp³-hybridized carbons (Fsp3) is 0.398. The molecule has 3 fully saturated rings. The molecule has 0 atom stereocenters. The van der Waals surface area contributed by atoms with Crippen molar-refractivity contribution in [2.45, 2.75) is 217 Å². The van der Waals surface area contributed by atoms with Crippen molar-refractivity contribution >= 4 is 124 Å². The van der Waals surface area contributed by atoms with Crippen LogP contribution in [0.15, 0.2) is 212 Å². The van der Waals surface area contributed by atoms with Crippen molar-refractivity contribution in [2.75, 3.05) is 0 Å². The average Bonchev–Trinajstić information content (AvgIpc) is 1.64. The highest BCUT2D eigenvalue weighted by molar-refractivity contribution is 7.28. The van der Waals surface area contributed by atoms with Crippen molar-refractivity contribution in [2.24, 2.45) is 0 Å². The Kier molecular flexibility index (Phi) is 33.2. The summed E-state index contributed by atoms with van der Waals surface area (Å²) in [5.74, 6) is 0. The summed E-state index contributed by atoms with van der Waals surface area (Å²) >= 11 is 3.72. The minimum atomic E-state index is -1.38. The van der Waals surface area contributed by atoms with Gasteiger partial charge in [0.15, 0.2) is 0 Å². The summed E-state index contributed by atoms with van der Waals surface area (Å²) in [6, 6.07) is 71.4. The van der Waals surface area contributed by atoms with E-state index in [-0.39, 0.29) is 83.6 Å². The second-order valence-electron chi connectivity index (χ2n) is 29.0. The summed E-state index contributed by atoms with van der Waals surface area (Å²) in [6.07, 6.45) is 9.79. The molecular weight excluding hydrogens is 1290 g/mol. The summed E-state index contributed by atoms with van der Waals surface area (Å²) in [4.78, 5) is 4.17. The first-order chi connectivity index (χ1) is 46.8. The van der Waals surface area contributed by atoms with E-state index in [0.29, 0.717) is 5.46 Å². The maximum absolute atomic E-state index is 9.02. The van der Waals surface area contributed by atoms with Crippen LogP contribution in [0, 0.1) is 6.92 Å². The van der Waals surface area contributed by atoms with Crippen LogP contribution in [-0.4, -0.2) is 96.0 Å². The van der Waals surface area contributed by atoms with Gasteiger partial charge in [0.2, 0.25) is 0 Å². The lowest BCUT2D eigenvalue weighted by molar-refractivity contribution is 0.00578. The quantitative estimate of drug-likeness (QED) is 0.0615. The second-order valence-corrected chi connectivity index (χ2v) is 31.3. The molecule has 536 valence electrons. The Morgan fingerprint density at radius 3 is 1.23 bits per heavy atom. The van der Waals surface area contributed by atoms with Crippen LogP contribution in [0.4, 0.5) is 0 Å². The van der Waals surface area contributed by atoms with Gasteiger partial charge in [-0.3, -0.25) is 0 Å². The van der Waals surface area contributed by atoms with E-state index < -0.39 is 7.12 Å². The lowest BCUT2D eigenvalue weighted by atomic mass is 9.64. The monoisotopic (exact) mass is 1400 g/mol. The number of benzene rings is 8. The molecule has 3 aliphatic heterocycles. The number of hydrogen-bond acceptors (Lipinski definition) is 12. The average molecular weight is 1400 g/mol. The van der Waals surface area contributed by atoms with Gasteiger partial charge in [0.05, 0.1) is 33.6 Å². The largest absolute Gasteiger partial charge is 0.505 e. The van der Waals surface area contributed by atoms with Crippen molar-refractivity contribution in [1.29, 1.82) is 0 Å². The van der Waals surface area contributed by atoms with Crippen LogP contribution < -0.4 is 26.6 Å². The van der Waals surface area contributed by atoms with Gasteiger partial charge in [-0.2, -0.15) is 0 Å². The van der Waals surface area contributed by atoms with Crippen LogP contribution in [0.2, 0.25) is 20.0 Å². The van der Waals surface area contributed by atoms with Gasteiger partial charge >= 0.3 is 35.4 Å². The minimum Gasteiger partial charge on any atom is -0.451 e. The van der Waals surface area contributed by atoms with Gasteiger partial charge < -0.3 is 48.0 Å². The van der Waals surface area contributed by atoms with Crippen LogP contribution in [0.1, 0.15) is 161 Å². The van der Waals surface area contributed by atoms with E-state index in [1.54, 1.807) is 30.3 Å². The van der Waals surface area contributed by atoms with Crippen LogP contribution in [-0.2, 0) is 34.3 Å². The SMILES string of the molecule is C.C.CB(O)c1ccccc1.CC1(C)OB(c2ccc3ccccc3c2)OC1(C)C.CC1(C)OB(c2ccccc2)OC1(C)C.CCCCB(C)O.CCCCCCc1ccc(-c2ccc(B3OC(C)(C)C(C)(C)O3)s2)s1.Cc1ccc2ccccc2c1.OB(O)c1ccc2ccccc2c1. The fourth-order valence-corrected chi connectivity index (χ4v) is 12.9. The molecule has 5 heterocycles. The zero-order valence-electron chi connectivity index (χ0n) is 61.9. The normalized spacial score (nSPS) is 15.9. The number of fused-ring (bicyclic) bond motifs is 3. The van der Waals surface area contributed by atoms with Gasteiger partial charge in [-0.15, -0.1) is 22.7 Å². The van der Waals surface area contributed by atoms with Crippen molar-refractivity contribution in [3.8, 4) is 9.75 Å². The lowest BCUT2D eigenvalue weighted by Gasteiger charge is -2.32. The smallest absolute Gasteiger partial charge is 0.451 e. The Hall–Kier alpha value is -6.07. The first kappa shape index (κ1) is 85.6. The van der Waals surface area contributed by atoms with Crippen LogP contribution >= 0.6 is 22.7 Å².